The zero-order valence-electron chi connectivity index (χ0n) is 24.9. The first kappa shape index (κ1) is 27.2. The van der Waals surface area contributed by atoms with Crippen LogP contribution in [-0.4, -0.2) is 76.6 Å². The number of sulfone groups is 1. The van der Waals surface area contributed by atoms with Crippen molar-refractivity contribution >= 4 is 37.9 Å². The Bertz CT molecular complexity index is 1860. The van der Waals surface area contributed by atoms with Crippen LogP contribution in [0.5, 0.6) is 0 Å². The van der Waals surface area contributed by atoms with Crippen molar-refractivity contribution in [3.63, 3.8) is 0 Å². The third-order valence-electron chi connectivity index (χ3n) is 10.7. The number of anilines is 1. The number of nitrogens with zero attached hydrogens (tertiary/aromatic N) is 5. The molecule has 10 heteroatoms. The van der Waals surface area contributed by atoms with Crippen molar-refractivity contribution in [2.24, 2.45) is 17.6 Å². The van der Waals surface area contributed by atoms with Crippen LogP contribution in [0.15, 0.2) is 42.6 Å². The Kier molecular flexibility index (Phi) is 6.21. The van der Waals surface area contributed by atoms with Gasteiger partial charge in [0.05, 0.1) is 27.5 Å². The Morgan fingerprint density at radius 1 is 1.00 bits per heavy atom. The predicted molar refractivity (Wildman–Crippen MR) is 169 cm³/mol. The van der Waals surface area contributed by atoms with Gasteiger partial charge in [-0.1, -0.05) is 6.07 Å². The van der Waals surface area contributed by atoms with Gasteiger partial charge in [-0.3, -0.25) is 4.79 Å². The molecule has 43 heavy (non-hydrogen) atoms. The number of rotatable bonds is 6. The molecule has 2 bridgehead atoms. The van der Waals surface area contributed by atoms with E-state index in [-0.39, 0.29) is 23.2 Å². The molecule has 8 rings (SSSR count). The SMILES string of the molecule is Cc1c(-c2cc3ccc(N4CCC(S(C)(=O)=O)CC4)cc3n2CC2CC2)nn2cc(C(=O)N3CC4CCC3[C@@H]4N)ccc12. The van der Waals surface area contributed by atoms with Crippen LogP contribution in [0.4, 0.5) is 5.69 Å². The van der Waals surface area contributed by atoms with E-state index in [2.05, 4.69) is 40.7 Å². The van der Waals surface area contributed by atoms with Crippen LogP contribution in [0, 0.1) is 18.8 Å². The second kappa shape index (κ2) is 9.82. The number of pyridine rings is 1. The van der Waals surface area contributed by atoms with Gasteiger partial charge < -0.3 is 20.1 Å². The van der Waals surface area contributed by atoms with Gasteiger partial charge in [-0.05, 0) is 87.6 Å². The van der Waals surface area contributed by atoms with Crippen molar-refractivity contribution in [3.05, 3.63) is 53.7 Å². The topological polar surface area (TPSA) is 106 Å². The summed E-state index contributed by atoms with van der Waals surface area (Å²) in [6.07, 6.45) is 9.19. The first-order valence-corrected chi connectivity index (χ1v) is 17.7. The fraction of sp³-hybridized carbons (Fsp3) is 0.515. The molecule has 2 unspecified atom stereocenters. The lowest BCUT2D eigenvalue weighted by Gasteiger charge is -2.33. The zero-order valence-corrected chi connectivity index (χ0v) is 25.8. The number of fused-ring (bicyclic) bond motifs is 4. The summed E-state index contributed by atoms with van der Waals surface area (Å²) in [5.41, 5.74) is 13.5. The summed E-state index contributed by atoms with van der Waals surface area (Å²) in [7, 11) is -3.00. The van der Waals surface area contributed by atoms with E-state index in [1.54, 1.807) is 0 Å². The molecule has 2 aliphatic carbocycles. The number of hydrogen-bond acceptors (Lipinski definition) is 6. The molecule has 4 aliphatic rings. The Labute approximate surface area is 252 Å². The smallest absolute Gasteiger partial charge is 0.255 e. The summed E-state index contributed by atoms with van der Waals surface area (Å²) in [6, 6.07) is 13.1. The van der Waals surface area contributed by atoms with Crippen molar-refractivity contribution in [2.45, 2.75) is 69.3 Å². The summed E-state index contributed by atoms with van der Waals surface area (Å²) in [5.74, 6) is 1.15. The number of piperidine rings is 2. The lowest BCUT2D eigenvalue weighted by Crippen LogP contribution is -2.41. The lowest BCUT2D eigenvalue weighted by atomic mass is 10.1. The number of hydrogen-bond donors (Lipinski definition) is 1. The van der Waals surface area contributed by atoms with Gasteiger partial charge in [-0.2, -0.15) is 5.10 Å². The quantitative estimate of drug-likeness (QED) is 0.355. The minimum atomic E-state index is -3.00. The standard InChI is InChI=1S/C33H40N6O3S/c1-20-27-9-7-24(33(40)38-18-23-6-10-28(38)31(23)34)19-39(27)35-32(20)30-15-22-5-8-25(16-29(22)37(30)17-21-3-4-21)36-13-11-26(12-14-36)43(2,41)42/h5,7-9,15-16,19,21,23,26,28,31H,3-4,6,10-14,17-18,34H2,1-2H3/t23?,28?,31-/m1/s1. The molecule has 0 spiro atoms. The Balaban J connectivity index is 1.14. The maximum Gasteiger partial charge on any atom is 0.255 e. The number of aromatic nitrogens is 3. The molecule has 3 atom stereocenters. The highest BCUT2D eigenvalue weighted by Gasteiger charge is 2.47. The summed E-state index contributed by atoms with van der Waals surface area (Å²) >= 11 is 0. The molecule has 1 aromatic carbocycles. The second-order valence-electron chi connectivity index (χ2n) is 13.5. The summed E-state index contributed by atoms with van der Waals surface area (Å²) in [4.78, 5) is 17.8. The molecule has 2 saturated carbocycles. The molecule has 2 saturated heterocycles. The number of nitrogens with two attached hydrogens (primary N) is 1. The van der Waals surface area contributed by atoms with E-state index in [1.807, 2.05) is 27.7 Å². The molecule has 1 amide bonds. The average molecular weight is 601 g/mol. The van der Waals surface area contributed by atoms with Crippen molar-refractivity contribution in [2.75, 3.05) is 30.8 Å². The van der Waals surface area contributed by atoms with Crippen LogP contribution in [0.2, 0.25) is 0 Å². The molecule has 2 aliphatic heterocycles. The molecule has 9 nitrogen and oxygen atoms in total. The minimum Gasteiger partial charge on any atom is -0.371 e. The van der Waals surface area contributed by atoms with E-state index in [0.717, 1.165) is 67.2 Å². The van der Waals surface area contributed by atoms with E-state index in [9.17, 15) is 13.2 Å². The van der Waals surface area contributed by atoms with Gasteiger partial charge in [0.15, 0.2) is 0 Å². The van der Waals surface area contributed by atoms with E-state index >= 15 is 0 Å². The van der Waals surface area contributed by atoms with E-state index in [1.165, 1.54) is 30.0 Å². The van der Waals surface area contributed by atoms with Crippen molar-refractivity contribution in [1.29, 1.82) is 0 Å². The third kappa shape index (κ3) is 4.56. The second-order valence-corrected chi connectivity index (χ2v) is 15.8. The summed E-state index contributed by atoms with van der Waals surface area (Å²) < 4.78 is 28.5. The average Bonchev–Trinajstić information content (AvgIpc) is 3.41. The molecule has 0 radical (unpaired) electrons. The van der Waals surface area contributed by atoms with Crippen LogP contribution < -0.4 is 10.6 Å². The molecule has 3 aromatic heterocycles. The Morgan fingerprint density at radius 3 is 2.47 bits per heavy atom. The maximum absolute atomic E-state index is 13.5. The fourth-order valence-corrected chi connectivity index (χ4v) is 8.99. The van der Waals surface area contributed by atoms with Crippen molar-refractivity contribution in [1.82, 2.24) is 19.1 Å². The molecule has 5 heterocycles. The van der Waals surface area contributed by atoms with Gasteiger partial charge >= 0.3 is 0 Å². The van der Waals surface area contributed by atoms with E-state index < -0.39 is 9.84 Å². The lowest BCUT2D eigenvalue weighted by molar-refractivity contribution is 0.0700. The third-order valence-corrected chi connectivity index (χ3v) is 12.4. The van der Waals surface area contributed by atoms with Crippen LogP contribution in [0.1, 0.15) is 54.4 Å². The highest BCUT2D eigenvalue weighted by molar-refractivity contribution is 7.91. The largest absolute Gasteiger partial charge is 0.371 e. The summed E-state index contributed by atoms with van der Waals surface area (Å²) in [5, 5.41) is 6.01. The van der Waals surface area contributed by atoms with Gasteiger partial charge in [0.1, 0.15) is 15.5 Å². The van der Waals surface area contributed by atoms with Gasteiger partial charge in [-0.25, -0.2) is 12.9 Å². The first-order valence-electron chi connectivity index (χ1n) is 15.8. The minimum absolute atomic E-state index is 0.0511. The van der Waals surface area contributed by atoms with Crippen molar-refractivity contribution < 1.29 is 13.2 Å². The first-order chi connectivity index (χ1) is 20.7. The van der Waals surface area contributed by atoms with Crippen LogP contribution in [0.25, 0.3) is 27.8 Å². The molecule has 4 aromatic rings. The number of likely N-dealkylation sites (tertiary alicyclic amines) is 1. The highest BCUT2D eigenvalue weighted by atomic mass is 32.2. The number of carbonyl (C=O) groups excluding carboxylic acids is 1. The normalized spacial score (nSPS) is 24.6. The van der Waals surface area contributed by atoms with Gasteiger partial charge in [0, 0.05) is 67.4 Å². The molecule has 4 fully saturated rings. The van der Waals surface area contributed by atoms with Gasteiger partial charge in [-0.15, -0.1) is 0 Å². The number of aryl methyl sites for hydroxylation is 1. The monoisotopic (exact) mass is 600 g/mol. The van der Waals surface area contributed by atoms with Crippen LogP contribution in [0.3, 0.4) is 0 Å². The molecule has 2 N–H and O–H groups in total. The Hall–Kier alpha value is -3.37. The Morgan fingerprint density at radius 2 is 1.79 bits per heavy atom. The predicted octanol–water partition coefficient (Wildman–Crippen LogP) is 4.25. The summed E-state index contributed by atoms with van der Waals surface area (Å²) in [6.45, 7) is 5.32. The number of amides is 1. The van der Waals surface area contributed by atoms with Crippen LogP contribution >= 0.6 is 0 Å². The maximum atomic E-state index is 13.5. The fourth-order valence-electron chi connectivity index (χ4n) is 7.92. The van der Waals surface area contributed by atoms with Gasteiger partial charge in [0.2, 0.25) is 0 Å². The zero-order chi connectivity index (χ0) is 29.6. The number of carbonyl (C=O) groups is 1. The number of benzene rings is 1. The molecule has 226 valence electrons. The van der Waals surface area contributed by atoms with E-state index in [0.29, 0.717) is 30.2 Å². The molecular formula is C33H40N6O3S. The van der Waals surface area contributed by atoms with Gasteiger partial charge in [0.25, 0.3) is 5.91 Å². The highest BCUT2D eigenvalue weighted by Crippen LogP contribution is 2.39. The van der Waals surface area contributed by atoms with Crippen molar-refractivity contribution in [3.8, 4) is 11.4 Å². The van der Waals surface area contributed by atoms with E-state index in [4.69, 9.17) is 10.8 Å². The molecular weight excluding hydrogens is 560 g/mol. The van der Waals surface area contributed by atoms with Crippen LogP contribution in [-0.2, 0) is 16.4 Å².